The second kappa shape index (κ2) is 4.00. The molecule has 3 nitrogen and oxygen atoms in total. The first-order valence-corrected chi connectivity index (χ1v) is 5.33. The minimum atomic E-state index is -0.883. The zero-order chi connectivity index (χ0) is 10.8. The molecule has 2 rings (SSSR count). The number of hydrogen-bond donors (Lipinski definition) is 1. The molecule has 4 heteroatoms. The molecule has 0 amide bonds. The average molecular weight is 222 g/mol. The van der Waals surface area contributed by atoms with Gasteiger partial charge in [0.25, 0.3) is 0 Å². The molecule has 1 aromatic carbocycles. The van der Waals surface area contributed by atoms with Gasteiger partial charge in [0.1, 0.15) is 0 Å². The molecule has 2 aromatic rings. The lowest BCUT2D eigenvalue weighted by Gasteiger charge is -1.99. The van der Waals surface area contributed by atoms with Gasteiger partial charge in [0.05, 0.1) is 12.2 Å². The van der Waals surface area contributed by atoms with Gasteiger partial charge in [-0.05, 0) is 22.4 Å². The van der Waals surface area contributed by atoms with Crippen LogP contribution in [-0.4, -0.2) is 18.2 Å². The Morgan fingerprint density at radius 3 is 3.00 bits per heavy atom. The van der Waals surface area contributed by atoms with E-state index in [0.29, 0.717) is 12.2 Å². The molecule has 1 N–H and O–H groups in total. The van der Waals surface area contributed by atoms with Gasteiger partial charge in [-0.15, -0.1) is 11.3 Å². The quantitative estimate of drug-likeness (QED) is 0.868. The van der Waals surface area contributed by atoms with E-state index in [9.17, 15) is 4.79 Å². The second-order valence-electron chi connectivity index (χ2n) is 3.18. The minimum Gasteiger partial charge on any atom is -0.478 e. The monoisotopic (exact) mass is 222 g/mol. The summed E-state index contributed by atoms with van der Waals surface area (Å²) < 4.78 is 5.87. The molecule has 0 bridgehead atoms. The molecule has 1 aromatic heterocycles. The van der Waals surface area contributed by atoms with Crippen LogP contribution >= 0.6 is 11.3 Å². The van der Waals surface area contributed by atoms with E-state index < -0.39 is 5.97 Å². The van der Waals surface area contributed by atoms with Crippen molar-refractivity contribution in [3.05, 3.63) is 34.7 Å². The minimum absolute atomic E-state index is 0.361. The highest BCUT2D eigenvalue weighted by atomic mass is 32.1. The van der Waals surface area contributed by atoms with Gasteiger partial charge in [-0.3, -0.25) is 0 Å². The van der Waals surface area contributed by atoms with E-state index in [4.69, 9.17) is 9.84 Å². The van der Waals surface area contributed by atoms with Crippen molar-refractivity contribution >= 4 is 27.4 Å². The Balaban J connectivity index is 2.63. The molecular formula is C11H10O3S. The van der Waals surface area contributed by atoms with Crippen LogP contribution in [0.4, 0.5) is 0 Å². The summed E-state index contributed by atoms with van der Waals surface area (Å²) in [5.74, 6) is -0.883. The molecule has 0 unspecified atom stereocenters. The summed E-state index contributed by atoms with van der Waals surface area (Å²) in [7, 11) is 1.63. The van der Waals surface area contributed by atoms with Gasteiger partial charge in [-0.2, -0.15) is 0 Å². The first kappa shape index (κ1) is 10.1. The maximum absolute atomic E-state index is 11.0. The summed E-state index contributed by atoms with van der Waals surface area (Å²) >= 11 is 1.45. The molecule has 78 valence electrons. The van der Waals surface area contributed by atoms with Crippen LogP contribution in [0.25, 0.3) is 10.1 Å². The van der Waals surface area contributed by atoms with Gasteiger partial charge >= 0.3 is 5.97 Å². The van der Waals surface area contributed by atoms with Crippen LogP contribution in [0.1, 0.15) is 15.9 Å². The number of carboxylic acid groups (broad SMARTS) is 1. The predicted octanol–water partition coefficient (Wildman–Crippen LogP) is 2.75. The molecule has 0 spiro atoms. The van der Waals surface area contributed by atoms with Crippen LogP contribution in [0.5, 0.6) is 0 Å². The average Bonchev–Trinajstić information content (AvgIpc) is 2.62. The van der Waals surface area contributed by atoms with Gasteiger partial charge in [0.15, 0.2) is 0 Å². The maximum atomic E-state index is 11.0. The zero-order valence-corrected chi connectivity index (χ0v) is 9.00. The fourth-order valence-corrected chi connectivity index (χ4v) is 2.61. The number of benzene rings is 1. The van der Waals surface area contributed by atoms with Crippen molar-refractivity contribution in [1.29, 1.82) is 0 Å². The number of ether oxygens (including phenoxy) is 1. The second-order valence-corrected chi connectivity index (χ2v) is 4.06. The van der Waals surface area contributed by atoms with Gasteiger partial charge in [0.2, 0.25) is 0 Å². The number of carboxylic acids is 1. The molecule has 0 fully saturated rings. The number of rotatable bonds is 3. The molecule has 0 radical (unpaired) electrons. The van der Waals surface area contributed by atoms with E-state index in [-0.39, 0.29) is 0 Å². The molecule has 0 saturated heterocycles. The third-order valence-electron chi connectivity index (χ3n) is 2.21. The Hall–Kier alpha value is -1.39. The van der Waals surface area contributed by atoms with Gasteiger partial charge in [-0.25, -0.2) is 4.79 Å². The van der Waals surface area contributed by atoms with E-state index in [0.717, 1.165) is 15.6 Å². The Bertz CT molecular complexity index is 502. The highest BCUT2D eigenvalue weighted by Crippen LogP contribution is 2.29. The van der Waals surface area contributed by atoms with Crippen molar-refractivity contribution in [3.8, 4) is 0 Å². The number of aromatic carboxylic acids is 1. The first-order valence-electron chi connectivity index (χ1n) is 4.45. The summed E-state index contributed by atoms with van der Waals surface area (Å²) in [5, 5.41) is 11.9. The summed E-state index contributed by atoms with van der Waals surface area (Å²) in [6.45, 7) is 0.517. The number of methoxy groups -OCH3 is 1. The molecule has 0 aliphatic rings. The summed E-state index contributed by atoms with van der Waals surface area (Å²) in [6, 6.07) is 5.31. The van der Waals surface area contributed by atoms with Crippen molar-refractivity contribution in [2.24, 2.45) is 0 Å². The fraction of sp³-hybridized carbons (Fsp3) is 0.182. The third kappa shape index (κ3) is 1.73. The van der Waals surface area contributed by atoms with Crippen LogP contribution in [0, 0.1) is 0 Å². The van der Waals surface area contributed by atoms with Crippen LogP contribution in [0.2, 0.25) is 0 Å². The molecule has 0 aliphatic heterocycles. The summed E-state index contributed by atoms with van der Waals surface area (Å²) in [4.78, 5) is 11.0. The van der Waals surface area contributed by atoms with Crippen molar-refractivity contribution in [3.63, 3.8) is 0 Å². The first-order chi connectivity index (χ1) is 7.24. The van der Waals surface area contributed by atoms with Crippen LogP contribution in [0.15, 0.2) is 23.6 Å². The van der Waals surface area contributed by atoms with Crippen LogP contribution in [-0.2, 0) is 11.3 Å². The van der Waals surface area contributed by atoms with Crippen molar-refractivity contribution in [2.75, 3.05) is 7.11 Å². The molecule has 15 heavy (non-hydrogen) atoms. The molecule has 0 saturated carbocycles. The summed E-state index contributed by atoms with van der Waals surface area (Å²) in [5.41, 5.74) is 1.40. The lowest BCUT2D eigenvalue weighted by Crippen LogP contribution is -1.95. The van der Waals surface area contributed by atoms with E-state index >= 15 is 0 Å². The predicted molar refractivity (Wildman–Crippen MR) is 59.5 cm³/mol. The highest BCUT2D eigenvalue weighted by Gasteiger charge is 2.11. The van der Waals surface area contributed by atoms with E-state index in [1.165, 1.54) is 11.3 Å². The number of fused-ring (bicyclic) bond motifs is 1. The van der Waals surface area contributed by atoms with Gasteiger partial charge in [-0.1, -0.05) is 12.1 Å². The Morgan fingerprint density at radius 1 is 1.53 bits per heavy atom. The highest BCUT2D eigenvalue weighted by molar-refractivity contribution is 7.17. The van der Waals surface area contributed by atoms with Crippen LogP contribution in [0.3, 0.4) is 0 Å². The smallest absolute Gasteiger partial charge is 0.337 e. The summed E-state index contributed by atoms with van der Waals surface area (Å²) in [6.07, 6.45) is 0. The van der Waals surface area contributed by atoms with Crippen LogP contribution < -0.4 is 0 Å². The number of thiophene rings is 1. The SMILES string of the molecule is COCc1csc2c(C(=O)O)cccc12. The fourth-order valence-electron chi connectivity index (χ4n) is 1.55. The topological polar surface area (TPSA) is 46.5 Å². The van der Waals surface area contributed by atoms with Crippen molar-refractivity contribution in [1.82, 2.24) is 0 Å². The number of hydrogen-bond acceptors (Lipinski definition) is 3. The normalized spacial score (nSPS) is 10.7. The van der Waals surface area contributed by atoms with Gasteiger partial charge < -0.3 is 9.84 Å². The standard InChI is InChI=1S/C11H10O3S/c1-14-5-7-6-15-10-8(7)3-2-4-9(10)11(12)13/h2-4,6H,5H2,1H3,(H,12,13). The van der Waals surface area contributed by atoms with E-state index in [1.807, 2.05) is 11.4 Å². The van der Waals surface area contributed by atoms with E-state index in [2.05, 4.69) is 0 Å². The van der Waals surface area contributed by atoms with Crippen molar-refractivity contribution < 1.29 is 14.6 Å². The van der Waals surface area contributed by atoms with Gasteiger partial charge in [0, 0.05) is 11.8 Å². The largest absolute Gasteiger partial charge is 0.478 e. The molecule has 1 heterocycles. The molecule has 0 atom stereocenters. The van der Waals surface area contributed by atoms with E-state index in [1.54, 1.807) is 19.2 Å². The number of carbonyl (C=O) groups is 1. The maximum Gasteiger partial charge on any atom is 0.337 e. The van der Waals surface area contributed by atoms with Crippen molar-refractivity contribution in [2.45, 2.75) is 6.61 Å². The third-order valence-corrected chi connectivity index (χ3v) is 3.29. The molecule has 0 aliphatic carbocycles. The lowest BCUT2D eigenvalue weighted by molar-refractivity contribution is 0.0699. The zero-order valence-electron chi connectivity index (χ0n) is 8.19. The Morgan fingerprint density at radius 2 is 2.33 bits per heavy atom. The Kier molecular flexibility index (Phi) is 2.70. The Labute approximate surface area is 90.9 Å². The lowest BCUT2D eigenvalue weighted by atomic mass is 10.1. The molecular weight excluding hydrogens is 212 g/mol.